The van der Waals surface area contributed by atoms with Gasteiger partial charge in [0.25, 0.3) is 0 Å². The molecule has 0 saturated heterocycles. The quantitative estimate of drug-likeness (QED) is 0.227. The predicted octanol–water partition coefficient (Wildman–Crippen LogP) is 2.92. The molecule has 2 amide bonds. The summed E-state index contributed by atoms with van der Waals surface area (Å²) in [5.41, 5.74) is 8.08. The van der Waals surface area contributed by atoms with Gasteiger partial charge in [-0.3, -0.25) is 9.59 Å². The van der Waals surface area contributed by atoms with Crippen LogP contribution in [-0.2, 0) is 27.2 Å². The number of carbonyl (C=O) groups is 3. The summed E-state index contributed by atoms with van der Waals surface area (Å²) in [6.45, 7) is 0.634. The number of rotatable bonds is 14. The van der Waals surface area contributed by atoms with Crippen LogP contribution in [0.15, 0.2) is 60.8 Å². The van der Waals surface area contributed by atoms with Crippen LogP contribution in [0.2, 0.25) is 0 Å². The van der Waals surface area contributed by atoms with Crippen LogP contribution >= 0.6 is 0 Å². The molecule has 3 rings (SSSR count). The van der Waals surface area contributed by atoms with E-state index < -0.39 is 24.0 Å². The molecule has 8 heteroatoms. The van der Waals surface area contributed by atoms with Gasteiger partial charge in [-0.25, -0.2) is 4.79 Å². The fourth-order valence-electron chi connectivity index (χ4n) is 4.10. The normalized spacial score (nSPS) is 12.7. The molecule has 2 aromatic carbocycles. The van der Waals surface area contributed by atoms with Gasteiger partial charge in [-0.2, -0.15) is 0 Å². The zero-order chi connectivity index (χ0) is 25.0. The number of carboxylic acid groups (broad SMARTS) is 1. The Labute approximate surface area is 205 Å². The first kappa shape index (κ1) is 26.0. The van der Waals surface area contributed by atoms with Crippen LogP contribution in [0.25, 0.3) is 10.9 Å². The van der Waals surface area contributed by atoms with E-state index in [1.807, 2.05) is 54.6 Å². The number of hydrogen-bond donors (Lipinski definition) is 5. The summed E-state index contributed by atoms with van der Waals surface area (Å²) in [6.07, 6.45) is 5.96. The van der Waals surface area contributed by atoms with E-state index in [4.69, 9.17) is 5.73 Å². The van der Waals surface area contributed by atoms with Gasteiger partial charge in [-0.05, 0) is 36.6 Å². The van der Waals surface area contributed by atoms with Crippen LogP contribution in [0.1, 0.15) is 43.2 Å². The lowest BCUT2D eigenvalue weighted by Crippen LogP contribution is -2.53. The lowest BCUT2D eigenvalue weighted by molar-refractivity contribution is -0.142. The molecule has 6 N–H and O–H groups in total. The summed E-state index contributed by atoms with van der Waals surface area (Å²) in [4.78, 5) is 40.9. The van der Waals surface area contributed by atoms with Crippen LogP contribution in [0, 0.1) is 0 Å². The van der Waals surface area contributed by atoms with E-state index in [-0.39, 0.29) is 18.7 Å². The molecule has 1 aromatic heterocycles. The average molecular weight is 479 g/mol. The number of benzene rings is 2. The summed E-state index contributed by atoms with van der Waals surface area (Å²) in [6, 6.07) is 14.9. The Kier molecular flexibility index (Phi) is 9.86. The molecule has 1 heterocycles. The summed E-state index contributed by atoms with van der Waals surface area (Å²) in [5, 5.41) is 16.2. The van der Waals surface area contributed by atoms with Crippen molar-refractivity contribution in [3.63, 3.8) is 0 Å². The van der Waals surface area contributed by atoms with E-state index in [0.29, 0.717) is 19.4 Å². The number of unbranched alkanes of at least 4 members (excludes halogenated alkanes) is 3. The number of fused-ring (bicyclic) bond motifs is 1. The second-order valence-corrected chi connectivity index (χ2v) is 8.73. The number of nitrogens with one attached hydrogen (secondary N) is 3. The number of carbonyl (C=O) groups excluding carboxylic acids is 2. The van der Waals surface area contributed by atoms with Gasteiger partial charge in [0.2, 0.25) is 11.8 Å². The molecule has 0 radical (unpaired) electrons. The zero-order valence-corrected chi connectivity index (χ0v) is 19.8. The maximum absolute atomic E-state index is 13.2. The number of aromatic nitrogens is 1. The SMILES string of the molecule is NCCCCCCC(=O)N[C@@H](Cc1ccccc1)C(=O)N[C@H](Cc1c[nH]c2ccccc12)C(=O)O. The number of amides is 2. The van der Waals surface area contributed by atoms with Crippen molar-refractivity contribution in [2.75, 3.05) is 6.54 Å². The number of para-hydroxylation sites is 1. The molecule has 0 aliphatic rings. The Morgan fingerprint density at radius 2 is 1.57 bits per heavy atom. The van der Waals surface area contributed by atoms with Crippen LogP contribution in [-0.4, -0.2) is 46.5 Å². The standard InChI is InChI=1S/C27H34N4O4/c28-15-9-2-1-6-14-25(32)30-23(16-19-10-4-3-5-11-19)26(33)31-24(27(34)35)17-20-18-29-22-13-8-7-12-21(20)22/h3-5,7-8,10-13,18,23-24,29H,1-2,6,9,14-17,28H2,(H,30,32)(H,31,33)(H,34,35)/t23-,24+/m0/s1. The maximum atomic E-state index is 13.2. The highest BCUT2D eigenvalue weighted by atomic mass is 16.4. The van der Waals surface area contributed by atoms with Crippen molar-refractivity contribution in [1.29, 1.82) is 0 Å². The minimum absolute atomic E-state index is 0.123. The van der Waals surface area contributed by atoms with Gasteiger partial charge in [-0.1, -0.05) is 61.4 Å². The van der Waals surface area contributed by atoms with Crippen LogP contribution in [0.4, 0.5) is 0 Å². The third-order valence-electron chi connectivity index (χ3n) is 6.01. The molecule has 186 valence electrons. The van der Waals surface area contributed by atoms with Gasteiger partial charge in [0.15, 0.2) is 0 Å². The van der Waals surface area contributed by atoms with Gasteiger partial charge in [0.1, 0.15) is 12.1 Å². The van der Waals surface area contributed by atoms with Gasteiger partial charge in [0, 0.05) is 36.4 Å². The van der Waals surface area contributed by atoms with Crippen LogP contribution < -0.4 is 16.4 Å². The average Bonchev–Trinajstić information content (AvgIpc) is 3.26. The van der Waals surface area contributed by atoms with E-state index in [2.05, 4.69) is 15.6 Å². The molecule has 8 nitrogen and oxygen atoms in total. The van der Waals surface area contributed by atoms with Gasteiger partial charge in [-0.15, -0.1) is 0 Å². The van der Waals surface area contributed by atoms with E-state index in [1.165, 1.54) is 0 Å². The molecular formula is C27H34N4O4. The number of nitrogens with two attached hydrogens (primary N) is 1. The van der Waals surface area contributed by atoms with Crippen molar-refractivity contribution in [3.05, 3.63) is 71.9 Å². The molecule has 2 atom stereocenters. The second kappa shape index (κ2) is 13.3. The monoisotopic (exact) mass is 478 g/mol. The molecular weight excluding hydrogens is 444 g/mol. The Morgan fingerprint density at radius 3 is 2.31 bits per heavy atom. The highest BCUT2D eigenvalue weighted by Crippen LogP contribution is 2.19. The molecule has 3 aromatic rings. The number of aliphatic carboxylic acids is 1. The number of hydrogen-bond acceptors (Lipinski definition) is 4. The van der Waals surface area contributed by atoms with Crippen molar-refractivity contribution in [3.8, 4) is 0 Å². The van der Waals surface area contributed by atoms with Crippen molar-refractivity contribution < 1.29 is 19.5 Å². The molecule has 0 fully saturated rings. The highest BCUT2D eigenvalue weighted by molar-refractivity contribution is 5.91. The second-order valence-electron chi connectivity index (χ2n) is 8.73. The van der Waals surface area contributed by atoms with E-state index in [9.17, 15) is 19.5 Å². The topological polar surface area (TPSA) is 137 Å². The third kappa shape index (κ3) is 7.96. The molecule has 0 aliphatic heterocycles. The summed E-state index contributed by atoms with van der Waals surface area (Å²) in [5.74, 6) is -1.87. The lowest BCUT2D eigenvalue weighted by Gasteiger charge is -2.22. The van der Waals surface area contributed by atoms with Crippen molar-refractivity contribution in [1.82, 2.24) is 15.6 Å². The fraction of sp³-hybridized carbons (Fsp3) is 0.370. The Bertz CT molecular complexity index is 1110. The first-order valence-electron chi connectivity index (χ1n) is 12.1. The first-order chi connectivity index (χ1) is 17.0. The minimum Gasteiger partial charge on any atom is -0.480 e. The Balaban J connectivity index is 1.68. The Hall–Kier alpha value is -3.65. The third-order valence-corrected chi connectivity index (χ3v) is 6.01. The van der Waals surface area contributed by atoms with Gasteiger partial charge < -0.3 is 26.5 Å². The van der Waals surface area contributed by atoms with Crippen molar-refractivity contribution in [2.24, 2.45) is 5.73 Å². The number of aromatic amines is 1. The summed E-state index contributed by atoms with van der Waals surface area (Å²) in [7, 11) is 0. The fourth-order valence-corrected chi connectivity index (χ4v) is 4.10. The predicted molar refractivity (Wildman–Crippen MR) is 136 cm³/mol. The zero-order valence-electron chi connectivity index (χ0n) is 19.8. The molecule has 0 aliphatic carbocycles. The van der Waals surface area contributed by atoms with Crippen LogP contribution in [0.3, 0.4) is 0 Å². The Morgan fingerprint density at radius 1 is 0.857 bits per heavy atom. The smallest absolute Gasteiger partial charge is 0.326 e. The van der Waals surface area contributed by atoms with E-state index in [0.717, 1.165) is 41.3 Å². The van der Waals surface area contributed by atoms with Crippen molar-refractivity contribution in [2.45, 2.75) is 57.0 Å². The summed E-state index contributed by atoms with van der Waals surface area (Å²) >= 11 is 0. The molecule has 0 bridgehead atoms. The summed E-state index contributed by atoms with van der Waals surface area (Å²) < 4.78 is 0. The van der Waals surface area contributed by atoms with Gasteiger partial charge in [0.05, 0.1) is 0 Å². The minimum atomic E-state index is -1.13. The number of H-pyrrole nitrogens is 1. The van der Waals surface area contributed by atoms with Crippen molar-refractivity contribution >= 4 is 28.7 Å². The number of carboxylic acids is 1. The molecule has 35 heavy (non-hydrogen) atoms. The lowest BCUT2D eigenvalue weighted by atomic mass is 10.0. The molecule has 0 saturated carbocycles. The van der Waals surface area contributed by atoms with E-state index in [1.54, 1.807) is 6.20 Å². The van der Waals surface area contributed by atoms with E-state index >= 15 is 0 Å². The largest absolute Gasteiger partial charge is 0.480 e. The van der Waals surface area contributed by atoms with Crippen LogP contribution in [0.5, 0.6) is 0 Å². The van der Waals surface area contributed by atoms with Gasteiger partial charge >= 0.3 is 5.97 Å². The molecule has 0 unspecified atom stereocenters. The molecule has 0 spiro atoms. The highest BCUT2D eigenvalue weighted by Gasteiger charge is 2.27. The first-order valence-corrected chi connectivity index (χ1v) is 12.1. The maximum Gasteiger partial charge on any atom is 0.326 e.